The van der Waals surface area contributed by atoms with E-state index in [1.165, 1.54) is 0 Å². The lowest BCUT2D eigenvalue weighted by molar-refractivity contribution is -0.110. The highest BCUT2D eigenvalue weighted by molar-refractivity contribution is 9.11. The van der Waals surface area contributed by atoms with Gasteiger partial charge >= 0.3 is 0 Å². The van der Waals surface area contributed by atoms with Crippen molar-refractivity contribution in [1.29, 1.82) is 0 Å². The van der Waals surface area contributed by atoms with Gasteiger partial charge in [0.15, 0.2) is 0 Å². The molecule has 0 radical (unpaired) electrons. The van der Waals surface area contributed by atoms with Crippen LogP contribution < -0.4 is 5.32 Å². The minimum atomic E-state index is -0.0748. The average molecular weight is 458 g/mol. The van der Waals surface area contributed by atoms with Crippen LogP contribution in [-0.4, -0.2) is 5.91 Å². The maximum Gasteiger partial charge on any atom is 0.256 e. The number of hydrogen-bond donors (Lipinski definition) is 1. The molecule has 5 heteroatoms. The SMILES string of the molecule is O=C1Nc2ccc(Br)cc2C1=Cc1cc(Br)cc(Br)c1. The number of carbonyl (C=O) groups is 1. The number of hydrogen-bond acceptors (Lipinski definition) is 1. The molecule has 2 nitrogen and oxygen atoms in total. The second kappa shape index (κ2) is 5.47. The Morgan fingerprint density at radius 3 is 2.30 bits per heavy atom. The lowest BCUT2D eigenvalue weighted by Gasteiger charge is -2.01. The van der Waals surface area contributed by atoms with Crippen LogP contribution in [0.1, 0.15) is 11.1 Å². The highest BCUT2D eigenvalue weighted by atomic mass is 79.9. The molecule has 0 bridgehead atoms. The molecule has 0 saturated carbocycles. The van der Waals surface area contributed by atoms with E-state index in [1.807, 2.05) is 42.5 Å². The largest absolute Gasteiger partial charge is 0.321 e. The summed E-state index contributed by atoms with van der Waals surface area (Å²) in [6, 6.07) is 11.7. The summed E-state index contributed by atoms with van der Waals surface area (Å²) in [6.45, 7) is 0. The number of carbonyl (C=O) groups excluding carboxylic acids is 1. The predicted octanol–water partition coefficient (Wildman–Crippen LogP) is 5.47. The zero-order valence-corrected chi connectivity index (χ0v) is 14.8. The van der Waals surface area contributed by atoms with Crippen LogP contribution in [0.25, 0.3) is 11.6 Å². The molecule has 2 aromatic carbocycles. The number of benzene rings is 2. The van der Waals surface area contributed by atoms with Crippen molar-refractivity contribution < 1.29 is 4.79 Å². The molecule has 0 fully saturated rings. The van der Waals surface area contributed by atoms with Crippen molar-refractivity contribution in [3.8, 4) is 0 Å². The van der Waals surface area contributed by atoms with Crippen molar-refractivity contribution in [3.63, 3.8) is 0 Å². The molecule has 100 valence electrons. The number of anilines is 1. The molecule has 0 aromatic heterocycles. The van der Waals surface area contributed by atoms with E-state index in [4.69, 9.17) is 0 Å². The Hall–Kier alpha value is -0.910. The summed E-state index contributed by atoms with van der Waals surface area (Å²) in [5.41, 5.74) is 3.40. The first-order chi connectivity index (χ1) is 9.52. The van der Waals surface area contributed by atoms with Gasteiger partial charge in [0, 0.05) is 30.2 Å². The highest BCUT2D eigenvalue weighted by Gasteiger charge is 2.24. The molecule has 1 heterocycles. The molecule has 0 atom stereocenters. The normalized spacial score (nSPS) is 15.3. The summed E-state index contributed by atoms with van der Waals surface area (Å²) < 4.78 is 2.88. The van der Waals surface area contributed by atoms with Gasteiger partial charge in [-0.3, -0.25) is 4.79 Å². The first-order valence-corrected chi connectivity index (χ1v) is 8.20. The van der Waals surface area contributed by atoms with Crippen molar-refractivity contribution in [3.05, 3.63) is 60.9 Å². The topological polar surface area (TPSA) is 29.1 Å². The van der Waals surface area contributed by atoms with Gasteiger partial charge in [0.2, 0.25) is 0 Å². The van der Waals surface area contributed by atoms with Crippen molar-refractivity contribution in [2.24, 2.45) is 0 Å². The number of amides is 1. The molecule has 0 unspecified atom stereocenters. The monoisotopic (exact) mass is 455 g/mol. The first kappa shape index (κ1) is 14.0. The van der Waals surface area contributed by atoms with Crippen molar-refractivity contribution in [2.45, 2.75) is 0 Å². The Morgan fingerprint density at radius 1 is 0.900 bits per heavy atom. The molecular weight excluding hydrogens is 450 g/mol. The maximum absolute atomic E-state index is 12.1. The molecule has 20 heavy (non-hydrogen) atoms. The lowest BCUT2D eigenvalue weighted by Crippen LogP contribution is -2.03. The summed E-state index contributed by atoms with van der Waals surface area (Å²) in [6.07, 6.45) is 1.89. The van der Waals surface area contributed by atoms with Gasteiger partial charge in [-0.1, -0.05) is 47.8 Å². The number of nitrogens with one attached hydrogen (secondary N) is 1. The van der Waals surface area contributed by atoms with E-state index in [1.54, 1.807) is 0 Å². The van der Waals surface area contributed by atoms with Crippen LogP contribution in [0.15, 0.2) is 49.8 Å². The van der Waals surface area contributed by atoms with Gasteiger partial charge in [-0.25, -0.2) is 0 Å². The lowest BCUT2D eigenvalue weighted by atomic mass is 10.0. The second-order valence-corrected chi connectivity index (χ2v) is 7.15. The smallest absolute Gasteiger partial charge is 0.256 e. The van der Waals surface area contributed by atoms with Crippen LogP contribution in [0.2, 0.25) is 0 Å². The van der Waals surface area contributed by atoms with Crippen LogP contribution in [0.4, 0.5) is 5.69 Å². The summed E-state index contributed by atoms with van der Waals surface area (Å²) in [5.74, 6) is -0.0748. The first-order valence-electron chi connectivity index (χ1n) is 5.82. The maximum atomic E-state index is 12.1. The van der Waals surface area contributed by atoms with Gasteiger partial charge in [-0.2, -0.15) is 0 Å². The molecule has 0 saturated heterocycles. The third kappa shape index (κ3) is 2.75. The van der Waals surface area contributed by atoms with Gasteiger partial charge < -0.3 is 5.32 Å². The van der Waals surface area contributed by atoms with E-state index in [2.05, 4.69) is 53.1 Å². The zero-order chi connectivity index (χ0) is 14.3. The van der Waals surface area contributed by atoms with E-state index in [0.29, 0.717) is 5.57 Å². The van der Waals surface area contributed by atoms with Crippen LogP contribution in [0.3, 0.4) is 0 Å². The number of halogens is 3. The summed E-state index contributed by atoms with van der Waals surface area (Å²) in [5, 5.41) is 2.87. The molecular formula is C15H8Br3NO. The van der Waals surface area contributed by atoms with Crippen molar-refractivity contribution in [1.82, 2.24) is 0 Å². The van der Waals surface area contributed by atoms with Gasteiger partial charge in [0.25, 0.3) is 5.91 Å². The Bertz CT molecular complexity index is 733. The summed E-state index contributed by atoms with van der Waals surface area (Å²) in [4.78, 5) is 12.1. The molecule has 1 aliphatic heterocycles. The van der Waals surface area contributed by atoms with Crippen LogP contribution in [0, 0.1) is 0 Å². The molecule has 1 amide bonds. The Balaban J connectivity index is 2.12. The Morgan fingerprint density at radius 2 is 1.60 bits per heavy atom. The van der Waals surface area contributed by atoms with Crippen molar-refractivity contribution in [2.75, 3.05) is 5.32 Å². The summed E-state index contributed by atoms with van der Waals surface area (Å²) >= 11 is 10.3. The van der Waals surface area contributed by atoms with Gasteiger partial charge in [-0.15, -0.1) is 0 Å². The number of fused-ring (bicyclic) bond motifs is 1. The molecule has 0 aliphatic carbocycles. The molecule has 2 aromatic rings. The number of rotatable bonds is 1. The quantitative estimate of drug-likeness (QED) is 0.565. The van der Waals surface area contributed by atoms with E-state index in [9.17, 15) is 4.79 Å². The second-order valence-electron chi connectivity index (χ2n) is 4.40. The molecule has 1 N–H and O–H groups in total. The molecule has 1 aliphatic rings. The standard InChI is InChI=1S/C15H8Br3NO/c16-9-1-2-14-12(7-9)13(15(20)19-14)5-8-3-10(17)6-11(18)4-8/h1-7H,(H,19,20). The fourth-order valence-corrected chi connectivity index (χ4v) is 3.82. The highest BCUT2D eigenvalue weighted by Crippen LogP contribution is 2.35. The predicted molar refractivity (Wildman–Crippen MR) is 92.5 cm³/mol. The van der Waals surface area contributed by atoms with Gasteiger partial charge in [-0.05, 0) is 48.0 Å². The Labute approximate surface area is 141 Å². The van der Waals surface area contributed by atoms with E-state index in [-0.39, 0.29) is 5.91 Å². The van der Waals surface area contributed by atoms with Crippen LogP contribution >= 0.6 is 47.8 Å². The third-order valence-electron chi connectivity index (χ3n) is 2.96. The molecule has 0 spiro atoms. The summed E-state index contributed by atoms with van der Waals surface area (Å²) in [7, 11) is 0. The average Bonchev–Trinajstić information content (AvgIpc) is 2.65. The molecule has 3 rings (SSSR count). The van der Waals surface area contributed by atoms with Crippen molar-refractivity contribution >= 4 is 71.0 Å². The Kier molecular flexibility index (Phi) is 3.84. The van der Waals surface area contributed by atoms with E-state index >= 15 is 0 Å². The minimum Gasteiger partial charge on any atom is -0.321 e. The van der Waals surface area contributed by atoms with E-state index in [0.717, 1.165) is 30.2 Å². The van der Waals surface area contributed by atoms with E-state index < -0.39 is 0 Å². The zero-order valence-electron chi connectivity index (χ0n) is 10.1. The fourth-order valence-electron chi connectivity index (χ4n) is 2.13. The third-order valence-corrected chi connectivity index (χ3v) is 4.37. The van der Waals surface area contributed by atoms with Gasteiger partial charge in [0.1, 0.15) is 0 Å². The van der Waals surface area contributed by atoms with Gasteiger partial charge in [0.05, 0.1) is 0 Å². The fraction of sp³-hybridized carbons (Fsp3) is 0. The minimum absolute atomic E-state index is 0.0748. The van der Waals surface area contributed by atoms with Crippen LogP contribution in [-0.2, 0) is 4.79 Å². The van der Waals surface area contributed by atoms with Crippen LogP contribution in [0.5, 0.6) is 0 Å².